The van der Waals surface area contributed by atoms with Crippen LogP contribution in [0.15, 0.2) is 11.6 Å². The van der Waals surface area contributed by atoms with E-state index in [-0.39, 0.29) is 53.8 Å². The topological polar surface area (TPSA) is 338 Å². The summed E-state index contributed by atoms with van der Waals surface area (Å²) in [6.07, 6.45) is -8.54. The van der Waals surface area contributed by atoms with Gasteiger partial charge in [-0.15, -0.1) is 0 Å². The summed E-state index contributed by atoms with van der Waals surface area (Å²) in [6.45, 7) is 13.3. The zero-order valence-corrected chi connectivity index (χ0v) is 48.0. The number of aliphatic hydroxyl groups is 9. The molecular formula is C59H95NO20. The summed E-state index contributed by atoms with van der Waals surface area (Å²) < 4.78 is 36.4. The molecule has 24 atom stereocenters. The van der Waals surface area contributed by atoms with E-state index in [4.69, 9.17) is 33.5 Å². The highest BCUT2D eigenvalue weighted by molar-refractivity contribution is 5.80. The van der Waals surface area contributed by atoms with Crippen molar-refractivity contribution in [3.8, 4) is 0 Å². The maximum absolute atomic E-state index is 15.7. The maximum atomic E-state index is 15.7. The van der Waals surface area contributed by atoms with E-state index in [2.05, 4.69) is 46.0 Å². The number of nitrogens with one attached hydrogen (secondary N) is 1. The van der Waals surface area contributed by atoms with Crippen LogP contribution in [0.2, 0.25) is 0 Å². The van der Waals surface area contributed by atoms with Gasteiger partial charge in [0.05, 0.1) is 43.0 Å². The highest BCUT2D eigenvalue weighted by Gasteiger charge is 2.72. The summed E-state index contributed by atoms with van der Waals surface area (Å²) >= 11 is 0. The minimum absolute atomic E-state index is 0.0471. The van der Waals surface area contributed by atoms with Gasteiger partial charge in [-0.25, -0.2) is 0 Å². The van der Waals surface area contributed by atoms with Crippen LogP contribution in [0.5, 0.6) is 0 Å². The maximum Gasteiger partial charge on any atom is 0.317 e. The van der Waals surface area contributed by atoms with Crippen LogP contribution in [-0.2, 0) is 47.6 Å². The van der Waals surface area contributed by atoms with Crippen molar-refractivity contribution in [1.29, 1.82) is 0 Å². The van der Waals surface area contributed by atoms with E-state index < -0.39 is 151 Å². The Morgan fingerprint density at radius 2 is 1.34 bits per heavy atom. The molecule has 7 fully saturated rings. The summed E-state index contributed by atoms with van der Waals surface area (Å²) in [6, 6.07) is -1.36. The van der Waals surface area contributed by atoms with Gasteiger partial charge in [-0.05, 0) is 117 Å². The Bertz CT molecular complexity index is 2220. The highest BCUT2D eigenvalue weighted by atomic mass is 16.8. The van der Waals surface area contributed by atoms with Crippen molar-refractivity contribution in [3.05, 3.63) is 11.6 Å². The lowest BCUT2D eigenvalue weighted by Crippen LogP contribution is -2.69. The quantitative estimate of drug-likeness (QED) is 0.0361. The van der Waals surface area contributed by atoms with Crippen LogP contribution in [0.1, 0.15) is 170 Å². The number of unbranched alkanes of at least 4 members (excludes halogenated alkanes) is 7. The van der Waals surface area contributed by atoms with Gasteiger partial charge in [-0.1, -0.05) is 91.7 Å². The number of aldehydes is 1. The minimum atomic E-state index is -1.95. The van der Waals surface area contributed by atoms with E-state index in [1.807, 2.05) is 6.92 Å². The van der Waals surface area contributed by atoms with Crippen molar-refractivity contribution >= 4 is 24.1 Å². The standard InChI is InChI=1S/C59H95NO20/c1-31-48(78-50-46(72)43(69)34(63)29-75-50)45(71)47(73)51(76-31)79-49-44(70)42(60-40(66)16-14-12-10-8-9-11-13-15-17-41(67)68)35(28-61)77-52(49)80-53(74)59-25-24-54(2,3)26-33(59)32-18-19-37-55(4)22-21-38(64)56(5,30-62)36(55)20-23-57(37,6)58(32,7)27-39(59)65/h18,30-31,33-39,42-52,61,63-65,69-73H,8-17,19-29H2,1-7H3,(H,60,66)(H,67,68)/t31?,33?,34-,35?,36-,37?,38+,39+,42+,43?,44?,45?,46?,47?,48+,49?,50+,51+,52+,55?,56?,57?,58?,59-/m1/s1. The molecule has 14 unspecified atom stereocenters. The second-order valence-corrected chi connectivity index (χ2v) is 27.1. The van der Waals surface area contributed by atoms with Crippen molar-refractivity contribution in [2.45, 2.75) is 269 Å². The van der Waals surface area contributed by atoms with Crippen molar-refractivity contribution in [2.75, 3.05) is 13.2 Å². The van der Waals surface area contributed by atoms with Crippen LogP contribution in [0, 0.1) is 50.2 Å². The van der Waals surface area contributed by atoms with Crippen LogP contribution in [0.25, 0.3) is 0 Å². The number of carboxylic acids is 1. The molecule has 456 valence electrons. The molecular weight excluding hydrogens is 1040 g/mol. The molecule has 0 spiro atoms. The lowest BCUT2D eigenvalue weighted by atomic mass is 9.33. The van der Waals surface area contributed by atoms with Crippen molar-refractivity contribution in [2.24, 2.45) is 50.2 Å². The number of rotatable bonds is 20. The Morgan fingerprint density at radius 1 is 0.700 bits per heavy atom. The molecule has 1 amide bonds. The predicted octanol–water partition coefficient (Wildman–Crippen LogP) is 3.07. The first-order valence-corrected chi connectivity index (χ1v) is 29.8. The van der Waals surface area contributed by atoms with Crippen LogP contribution in [0.3, 0.4) is 0 Å². The number of aliphatic carboxylic acids is 1. The van der Waals surface area contributed by atoms with Crippen molar-refractivity contribution < 1.29 is 98.7 Å². The van der Waals surface area contributed by atoms with Gasteiger partial charge in [-0.2, -0.15) is 0 Å². The second-order valence-electron chi connectivity index (χ2n) is 27.1. The van der Waals surface area contributed by atoms with Gasteiger partial charge in [0.1, 0.15) is 60.5 Å². The number of esters is 1. The number of hydrogen-bond acceptors (Lipinski definition) is 19. The summed E-state index contributed by atoms with van der Waals surface area (Å²) in [5, 5.41) is 113. The molecule has 3 aliphatic heterocycles. The average Bonchev–Trinajstić information content (AvgIpc) is 3.42. The average molecular weight is 1140 g/mol. The lowest BCUT2D eigenvalue weighted by molar-refractivity contribution is -0.370. The Labute approximate surface area is 470 Å². The number of fused-ring (bicyclic) bond motifs is 7. The molecule has 11 N–H and O–H groups in total. The van der Waals surface area contributed by atoms with Crippen LogP contribution < -0.4 is 5.32 Å². The molecule has 8 aliphatic rings. The first kappa shape index (κ1) is 63.3. The third-order valence-electron chi connectivity index (χ3n) is 21.8. The lowest BCUT2D eigenvalue weighted by Gasteiger charge is -2.71. The van der Waals surface area contributed by atoms with Crippen LogP contribution in [-0.4, -0.2) is 187 Å². The first-order chi connectivity index (χ1) is 37.6. The van der Waals surface area contributed by atoms with Gasteiger partial charge in [0, 0.05) is 12.8 Å². The molecule has 3 saturated heterocycles. The SMILES string of the molecule is CC1O[C@@H](OC2C(O)[C@@H](NC(=O)CCCCCCCCCCC(=O)O)C(CO)O[C@H]2OC(=O)[C@]23CCC(C)(C)CC2C2=CCC4C5(C)CC[C@H](O)C(C)(C=O)[C@@H]5CCC4(C)C2(C)C[C@@H]3O)C(O)C(O)[C@H]1O[C@@H]1OC[C@@H](O)C(O)C1O. The fraction of sp³-hybridized carbons (Fsp3) is 0.898. The fourth-order valence-corrected chi connectivity index (χ4v) is 16.7. The van der Waals surface area contributed by atoms with E-state index in [0.29, 0.717) is 44.9 Å². The second kappa shape index (κ2) is 24.7. The smallest absolute Gasteiger partial charge is 0.317 e. The zero-order valence-electron chi connectivity index (χ0n) is 48.0. The number of amides is 1. The van der Waals surface area contributed by atoms with Gasteiger partial charge in [0.15, 0.2) is 18.7 Å². The molecule has 0 aromatic heterocycles. The van der Waals surface area contributed by atoms with E-state index in [1.54, 1.807) is 0 Å². The van der Waals surface area contributed by atoms with Gasteiger partial charge in [0.2, 0.25) is 12.2 Å². The zero-order chi connectivity index (χ0) is 58.5. The number of aliphatic hydroxyl groups excluding tert-OH is 9. The molecule has 0 aromatic rings. The van der Waals surface area contributed by atoms with Crippen molar-refractivity contribution in [3.63, 3.8) is 0 Å². The molecule has 21 nitrogen and oxygen atoms in total. The molecule has 4 saturated carbocycles. The number of carboxylic acid groups (broad SMARTS) is 1. The normalized spacial score (nSPS) is 47.0. The molecule has 3 heterocycles. The molecule has 21 heteroatoms. The molecule has 8 rings (SSSR count). The van der Waals surface area contributed by atoms with Crippen molar-refractivity contribution in [1.82, 2.24) is 5.32 Å². The van der Waals surface area contributed by atoms with Crippen LogP contribution >= 0.6 is 0 Å². The van der Waals surface area contributed by atoms with Gasteiger partial charge < -0.3 is 89.6 Å². The molecule has 80 heavy (non-hydrogen) atoms. The van der Waals surface area contributed by atoms with Gasteiger partial charge in [0.25, 0.3) is 0 Å². The number of hydrogen-bond donors (Lipinski definition) is 11. The summed E-state index contributed by atoms with van der Waals surface area (Å²) in [7, 11) is 0. The number of carbonyl (C=O) groups is 4. The van der Waals surface area contributed by atoms with Gasteiger partial charge in [-0.3, -0.25) is 14.4 Å². The van der Waals surface area contributed by atoms with Gasteiger partial charge >= 0.3 is 11.9 Å². The molecule has 0 aromatic carbocycles. The molecule has 0 radical (unpaired) electrons. The largest absolute Gasteiger partial charge is 0.481 e. The summed E-state index contributed by atoms with van der Waals surface area (Å²) in [5.41, 5.74) is -2.89. The fourth-order valence-electron chi connectivity index (χ4n) is 16.7. The molecule has 0 bridgehead atoms. The summed E-state index contributed by atoms with van der Waals surface area (Å²) in [5.74, 6) is -2.57. The van der Waals surface area contributed by atoms with E-state index in [1.165, 1.54) is 6.92 Å². The van der Waals surface area contributed by atoms with Crippen LogP contribution in [0.4, 0.5) is 0 Å². The third-order valence-corrected chi connectivity index (χ3v) is 21.8. The Kier molecular flexibility index (Phi) is 19.5. The number of allylic oxidation sites excluding steroid dienone is 2. The minimum Gasteiger partial charge on any atom is -0.481 e. The first-order valence-electron chi connectivity index (χ1n) is 29.8. The van der Waals surface area contributed by atoms with E-state index >= 15 is 4.79 Å². The Morgan fingerprint density at radius 3 is 1.99 bits per heavy atom. The number of carbonyl (C=O) groups excluding carboxylic acids is 3. The predicted molar refractivity (Wildman–Crippen MR) is 284 cm³/mol. The highest BCUT2D eigenvalue weighted by Crippen LogP contribution is 2.76. The molecule has 5 aliphatic carbocycles. The Balaban J connectivity index is 1.04. The van der Waals surface area contributed by atoms with E-state index in [9.17, 15) is 60.3 Å². The number of ether oxygens (including phenoxy) is 6. The Hall–Kier alpha value is -2.74. The monoisotopic (exact) mass is 1140 g/mol. The van der Waals surface area contributed by atoms with E-state index in [0.717, 1.165) is 63.2 Å². The summed E-state index contributed by atoms with van der Waals surface area (Å²) in [4.78, 5) is 52.9. The third kappa shape index (κ3) is 11.6.